The summed E-state index contributed by atoms with van der Waals surface area (Å²) in [5.74, 6) is -1.35. The van der Waals surface area contributed by atoms with E-state index in [0.29, 0.717) is 5.92 Å². The molecule has 1 aliphatic carbocycles. The van der Waals surface area contributed by atoms with E-state index in [1.807, 2.05) is 0 Å². The van der Waals surface area contributed by atoms with Crippen LogP contribution in [0.5, 0.6) is 0 Å². The van der Waals surface area contributed by atoms with Crippen molar-refractivity contribution in [3.8, 4) is 0 Å². The number of benzene rings is 1. The molecule has 0 spiro atoms. The van der Waals surface area contributed by atoms with Gasteiger partial charge in [-0.1, -0.05) is 17.3 Å². The number of hydrogen-bond acceptors (Lipinski definition) is 2. The summed E-state index contributed by atoms with van der Waals surface area (Å²) in [4.78, 5) is 4.81. The van der Waals surface area contributed by atoms with Gasteiger partial charge in [0.25, 0.3) is 0 Å². The van der Waals surface area contributed by atoms with E-state index in [2.05, 4.69) is 11.4 Å². The summed E-state index contributed by atoms with van der Waals surface area (Å²) in [6.45, 7) is -0.0662. The van der Waals surface area contributed by atoms with Crippen LogP contribution in [0.25, 0.3) is 0 Å². The number of rotatable bonds is 4. The number of nitrogens with zero attached hydrogens (tertiary/aromatic N) is 1. The van der Waals surface area contributed by atoms with Gasteiger partial charge in [-0.05, 0) is 18.9 Å². The van der Waals surface area contributed by atoms with Crippen molar-refractivity contribution in [2.75, 3.05) is 0 Å². The van der Waals surface area contributed by atoms with Gasteiger partial charge in [0, 0.05) is 11.5 Å². The van der Waals surface area contributed by atoms with E-state index in [1.165, 1.54) is 12.1 Å². The lowest BCUT2D eigenvalue weighted by molar-refractivity contribution is 0.128. The van der Waals surface area contributed by atoms with E-state index < -0.39 is 11.6 Å². The second-order valence-corrected chi connectivity index (χ2v) is 3.48. The first-order chi connectivity index (χ1) is 7.27. The van der Waals surface area contributed by atoms with Crippen molar-refractivity contribution in [3.63, 3.8) is 0 Å². The smallest absolute Gasteiger partial charge is 0.165 e. The van der Waals surface area contributed by atoms with Gasteiger partial charge in [-0.3, -0.25) is 0 Å². The Labute approximate surface area is 86.5 Å². The highest BCUT2D eigenvalue weighted by Crippen LogP contribution is 2.26. The van der Waals surface area contributed by atoms with Gasteiger partial charge in [0.15, 0.2) is 11.6 Å². The molecule has 0 bridgehead atoms. The molecule has 1 radical (unpaired) electrons. The molecule has 0 atom stereocenters. The molecule has 2 rings (SSSR count). The third-order valence-corrected chi connectivity index (χ3v) is 2.13. The van der Waals surface area contributed by atoms with Crippen LogP contribution in [0.2, 0.25) is 0 Å². The van der Waals surface area contributed by atoms with Gasteiger partial charge in [-0.15, -0.1) is 0 Å². The van der Waals surface area contributed by atoms with Gasteiger partial charge in [0.1, 0.15) is 12.8 Å². The van der Waals surface area contributed by atoms with E-state index in [1.54, 1.807) is 0 Å². The summed E-state index contributed by atoms with van der Waals surface area (Å²) in [6, 6.07) is 3.97. The van der Waals surface area contributed by atoms with Gasteiger partial charge >= 0.3 is 0 Å². The standard InChI is InChI=1S/C11H10F2NO/c12-10-3-1-2-9(11(10)13)7-15-14-6-8-4-5-8/h1-3,8H,4-5,7H2. The Kier molecular flexibility index (Phi) is 2.94. The van der Waals surface area contributed by atoms with Crippen molar-refractivity contribution in [2.24, 2.45) is 11.1 Å². The average Bonchev–Trinajstić information content (AvgIpc) is 3.02. The zero-order chi connectivity index (χ0) is 10.7. The number of halogens is 2. The molecule has 2 nitrogen and oxygen atoms in total. The molecular weight excluding hydrogens is 200 g/mol. The first-order valence-electron chi connectivity index (χ1n) is 4.78. The molecule has 1 saturated carbocycles. The Morgan fingerprint density at radius 1 is 1.40 bits per heavy atom. The minimum absolute atomic E-state index is 0.0662. The van der Waals surface area contributed by atoms with Crippen LogP contribution in [-0.2, 0) is 11.4 Å². The van der Waals surface area contributed by atoms with Crippen LogP contribution in [0.1, 0.15) is 18.4 Å². The van der Waals surface area contributed by atoms with Crippen LogP contribution in [-0.4, -0.2) is 6.21 Å². The predicted molar refractivity (Wildman–Crippen MR) is 51.3 cm³/mol. The maximum atomic E-state index is 13.1. The van der Waals surface area contributed by atoms with E-state index in [4.69, 9.17) is 4.84 Å². The van der Waals surface area contributed by atoms with Gasteiger partial charge in [0.05, 0.1) is 0 Å². The topological polar surface area (TPSA) is 21.6 Å². The fourth-order valence-electron chi connectivity index (χ4n) is 1.09. The molecule has 0 heterocycles. The molecule has 0 aromatic heterocycles. The van der Waals surface area contributed by atoms with E-state index >= 15 is 0 Å². The number of hydrogen-bond donors (Lipinski definition) is 0. The zero-order valence-electron chi connectivity index (χ0n) is 8.04. The van der Waals surface area contributed by atoms with Crippen LogP contribution in [0, 0.1) is 17.6 Å². The highest BCUT2D eigenvalue weighted by molar-refractivity contribution is 5.62. The summed E-state index contributed by atoms with van der Waals surface area (Å²) < 4.78 is 25.8. The third-order valence-electron chi connectivity index (χ3n) is 2.13. The van der Waals surface area contributed by atoms with Crippen molar-refractivity contribution >= 4 is 6.21 Å². The lowest BCUT2D eigenvalue weighted by Gasteiger charge is -2.01. The van der Waals surface area contributed by atoms with Gasteiger partial charge in [0.2, 0.25) is 0 Å². The minimum Gasteiger partial charge on any atom is -0.391 e. The Balaban J connectivity index is 1.89. The Hall–Kier alpha value is -1.45. The molecule has 0 amide bonds. The largest absolute Gasteiger partial charge is 0.391 e. The lowest BCUT2D eigenvalue weighted by Crippen LogP contribution is -1.95. The maximum absolute atomic E-state index is 13.1. The quantitative estimate of drug-likeness (QED) is 0.553. The van der Waals surface area contributed by atoms with Crippen molar-refractivity contribution in [1.82, 2.24) is 0 Å². The SMILES string of the molecule is Fc1cccc(CO/N=[C]\C2CC2)c1F. The van der Waals surface area contributed by atoms with E-state index in [9.17, 15) is 8.78 Å². The summed E-state index contributed by atoms with van der Waals surface area (Å²) in [6.07, 6.45) is 4.92. The average molecular weight is 210 g/mol. The van der Waals surface area contributed by atoms with Crippen LogP contribution in [0.3, 0.4) is 0 Å². The summed E-state index contributed by atoms with van der Waals surface area (Å²) in [5, 5.41) is 3.56. The molecule has 15 heavy (non-hydrogen) atoms. The fraction of sp³-hybridized carbons (Fsp3) is 0.364. The van der Waals surface area contributed by atoms with Gasteiger partial charge in [-0.2, -0.15) is 0 Å². The molecule has 1 aliphatic rings. The second kappa shape index (κ2) is 4.38. The Morgan fingerprint density at radius 3 is 2.93 bits per heavy atom. The maximum Gasteiger partial charge on any atom is 0.165 e. The molecular formula is C11H10F2NO. The van der Waals surface area contributed by atoms with Crippen LogP contribution < -0.4 is 0 Å². The molecule has 1 fully saturated rings. The van der Waals surface area contributed by atoms with Crippen molar-refractivity contribution in [3.05, 3.63) is 35.4 Å². The minimum atomic E-state index is -0.876. The van der Waals surface area contributed by atoms with Gasteiger partial charge < -0.3 is 4.84 Å². The summed E-state index contributed by atoms with van der Waals surface area (Å²) in [7, 11) is 0. The van der Waals surface area contributed by atoms with Crippen molar-refractivity contribution in [1.29, 1.82) is 0 Å². The Bertz CT molecular complexity index is 375. The molecule has 0 N–H and O–H groups in total. The fourth-order valence-corrected chi connectivity index (χ4v) is 1.09. The molecule has 0 saturated heterocycles. The van der Waals surface area contributed by atoms with E-state index in [0.717, 1.165) is 18.9 Å². The highest BCUT2D eigenvalue weighted by Gasteiger charge is 2.19. The summed E-state index contributed by atoms with van der Waals surface area (Å²) >= 11 is 0. The van der Waals surface area contributed by atoms with Crippen LogP contribution >= 0.6 is 0 Å². The van der Waals surface area contributed by atoms with Crippen LogP contribution in [0.4, 0.5) is 8.78 Å². The highest BCUT2D eigenvalue weighted by atomic mass is 19.2. The normalized spacial score (nSPS) is 15.9. The lowest BCUT2D eigenvalue weighted by atomic mass is 10.2. The molecule has 1 aromatic carbocycles. The first-order valence-corrected chi connectivity index (χ1v) is 4.78. The Morgan fingerprint density at radius 2 is 2.20 bits per heavy atom. The van der Waals surface area contributed by atoms with Crippen molar-refractivity contribution in [2.45, 2.75) is 19.4 Å². The molecule has 79 valence electrons. The van der Waals surface area contributed by atoms with Crippen LogP contribution in [0.15, 0.2) is 23.4 Å². The van der Waals surface area contributed by atoms with Gasteiger partial charge in [-0.25, -0.2) is 8.78 Å². The third kappa shape index (κ3) is 2.75. The predicted octanol–water partition coefficient (Wildman–Crippen LogP) is 2.75. The molecule has 1 aromatic rings. The zero-order valence-corrected chi connectivity index (χ0v) is 8.04. The first kappa shape index (κ1) is 10.1. The molecule has 0 aliphatic heterocycles. The second-order valence-electron chi connectivity index (χ2n) is 3.48. The molecule has 0 unspecified atom stereocenters. The summed E-state index contributed by atoms with van der Waals surface area (Å²) in [5.41, 5.74) is 0.163. The van der Waals surface area contributed by atoms with Crippen molar-refractivity contribution < 1.29 is 13.6 Å². The monoisotopic (exact) mass is 210 g/mol. The molecule has 4 heteroatoms. The van der Waals surface area contributed by atoms with E-state index in [-0.39, 0.29) is 12.2 Å².